The fraction of sp³-hybridized carbons (Fsp3) is 0.407. The summed E-state index contributed by atoms with van der Waals surface area (Å²) in [6, 6.07) is 12.9. The van der Waals surface area contributed by atoms with Gasteiger partial charge in [0, 0.05) is 37.2 Å². The lowest BCUT2D eigenvalue weighted by Gasteiger charge is -2.40. The van der Waals surface area contributed by atoms with Crippen LogP contribution in [0.25, 0.3) is 0 Å². The third-order valence-electron chi connectivity index (χ3n) is 7.07. The van der Waals surface area contributed by atoms with Crippen LogP contribution in [-0.4, -0.2) is 71.0 Å². The largest absolute Gasteiger partial charge is 0.387 e. The molecule has 0 aliphatic carbocycles. The first-order valence-corrected chi connectivity index (χ1v) is 14.3. The molecular weight excluding hydrogens is 507 g/mol. The second kappa shape index (κ2) is 10.9. The van der Waals surface area contributed by atoms with Crippen LogP contribution < -0.4 is 10.6 Å². The molecule has 1 aromatic heterocycles. The number of benzene rings is 2. The number of rotatable bonds is 8. The molecule has 9 nitrogen and oxygen atoms in total. The lowest BCUT2D eigenvalue weighted by Crippen LogP contribution is -2.55. The Labute approximate surface area is 222 Å². The van der Waals surface area contributed by atoms with E-state index in [1.807, 2.05) is 0 Å². The summed E-state index contributed by atoms with van der Waals surface area (Å²) in [6.45, 7) is 4.61. The Morgan fingerprint density at radius 3 is 2.47 bits per heavy atom. The monoisotopic (exact) mass is 540 g/mol. The number of hydrogen-bond acceptors (Lipinski definition) is 8. The summed E-state index contributed by atoms with van der Waals surface area (Å²) < 4.78 is 41.7. The third kappa shape index (κ3) is 6.12. The first kappa shape index (κ1) is 26.5. The van der Waals surface area contributed by atoms with Crippen molar-refractivity contribution in [2.75, 3.05) is 43.4 Å². The Kier molecular flexibility index (Phi) is 7.62. The van der Waals surface area contributed by atoms with Gasteiger partial charge in [0.25, 0.3) is 0 Å². The highest BCUT2D eigenvalue weighted by Gasteiger charge is 2.40. The highest BCUT2D eigenvalue weighted by atomic mass is 32.2. The second-order valence-corrected chi connectivity index (χ2v) is 12.1. The van der Waals surface area contributed by atoms with Gasteiger partial charge in [-0.1, -0.05) is 0 Å². The second-order valence-electron chi connectivity index (χ2n) is 10.2. The molecule has 2 fully saturated rings. The van der Waals surface area contributed by atoms with E-state index in [0.717, 1.165) is 25.9 Å². The van der Waals surface area contributed by atoms with E-state index in [-0.39, 0.29) is 17.3 Å². The zero-order valence-electron chi connectivity index (χ0n) is 21.4. The maximum Gasteiger partial charge on any atom is 0.243 e. The Bertz CT molecular complexity index is 1380. The van der Waals surface area contributed by atoms with Crippen molar-refractivity contribution in [3.8, 4) is 0 Å². The first-order chi connectivity index (χ1) is 18.2. The van der Waals surface area contributed by atoms with E-state index in [9.17, 15) is 17.9 Å². The minimum atomic E-state index is -3.75. The van der Waals surface area contributed by atoms with Crippen LogP contribution in [0.4, 0.5) is 27.5 Å². The van der Waals surface area contributed by atoms with Crippen LogP contribution in [-0.2, 0) is 10.0 Å². The molecular formula is C27H33FN6O3S. The van der Waals surface area contributed by atoms with E-state index in [2.05, 4.69) is 25.5 Å². The van der Waals surface area contributed by atoms with Crippen LogP contribution in [0, 0.1) is 12.7 Å². The van der Waals surface area contributed by atoms with Crippen LogP contribution in [0.3, 0.4) is 0 Å². The van der Waals surface area contributed by atoms with Crippen molar-refractivity contribution in [3.05, 3.63) is 66.1 Å². The molecule has 0 amide bonds. The average Bonchev–Trinajstić information content (AvgIpc) is 3.39. The Hall–Kier alpha value is -3.12. The quantitative estimate of drug-likeness (QED) is 0.393. The lowest BCUT2D eigenvalue weighted by molar-refractivity contribution is -0.0305. The first-order valence-electron chi connectivity index (χ1n) is 12.9. The highest BCUT2D eigenvalue weighted by molar-refractivity contribution is 7.89. The summed E-state index contributed by atoms with van der Waals surface area (Å²) in [6.07, 6.45) is 5.07. The molecule has 2 aromatic carbocycles. The van der Waals surface area contributed by atoms with Crippen LogP contribution in [0.2, 0.25) is 0 Å². The molecule has 5 rings (SSSR count). The summed E-state index contributed by atoms with van der Waals surface area (Å²) in [7, 11) is -3.75. The van der Waals surface area contributed by atoms with Gasteiger partial charge in [-0.15, -0.1) is 0 Å². The number of aryl methyl sites for hydroxylation is 1. The van der Waals surface area contributed by atoms with Crippen molar-refractivity contribution in [1.82, 2.24) is 19.2 Å². The van der Waals surface area contributed by atoms with Gasteiger partial charge in [0.05, 0.1) is 10.5 Å². The molecule has 2 aliphatic rings. The molecule has 0 saturated carbocycles. The molecule has 0 bridgehead atoms. The number of piperidine rings is 1. The van der Waals surface area contributed by atoms with Gasteiger partial charge in [-0.3, -0.25) is 0 Å². The molecule has 3 aromatic rings. The third-order valence-corrected chi connectivity index (χ3v) is 8.93. The molecule has 38 heavy (non-hydrogen) atoms. The normalized spacial score (nSPS) is 20.9. The van der Waals surface area contributed by atoms with Crippen LogP contribution in [0.15, 0.2) is 59.6 Å². The van der Waals surface area contributed by atoms with Crippen LogP contribution in [0.5, 0.6) is 0 Å². The minimum Gasteiger partial charge on any atom is -0.387 e. The van der Waals surface area contributed by atoms with E-state index >= 15 is 0 Å². The topological polar surface area (TPSA) is 111 Å². The number of sulfonamides is 1. The van der Waals surface area contributed by atoms with Gasteiger partial charge in [-0.25, -0.2) is 17.8 Å². The molecule has 0 radical (unpaired) electrons. The maximum absolute atomic E-state index is 13.5. The van der Waals surface area contributed by atoms with Crippen molar-refractivity contribution < 1.29 is 17.9 Å². The fourth-order valence-corrected chi connectivity index (χ4v) is 6.67. The number of aromatic nitrogens is 2. The Morgan fingerprint density at radius 2 is 1.74 bits per heavy atom. The Balaban J connectivity index is 1.24. The molecule has 3 N–H and O–H groups in total. The predicted octanol–water partition coefficient (Wildman–Crippen LogP) is 4.02. The van der Waals surface area contributed by atoms with Crippen molar-refractivity contribution >= 4 is 33.2 Å². The predicted molar refractivity (Wildman–Crippen MR) is 145 cm³/mol. The van der Waals surface area contributed by atoms with E-state index in [4.69, 9.17) is 0 Å². The van der Waals surface area contributed by atoms with Gasteiger partial charge in [0.1, 0.15) is 11.6 Å². The van der Waals surface area contributed by atoms with Gasteiger partial charge in [0.2, 0.25) is 16.0 Å². The zero-order chi connectivity index (χ0) is 26.8. The number of anilines is 4. The molecule has 202 valence electrons. The van der Waals surface area contributed by atoms with Gasteiger partial charge in [0.15, 0.2) is 0 Å². The highest BCUT2D eigenvalue weighted by Crippen LogP contribution is 2.29. The molecule has 1 unspecified atom stereocenters. The summed E-state index contributed by atoms with van der Waals surface area (Å²) in [5.41, 5.74) is 0.828. The number of hydrogen-bond donors (Lipinski definition) is 3. The maximum atomic E-state index is 13.5. The van der Waals surface area contributed by atoms with Crippen molar-refractivity contribution in [1.29, 1.82) is 0 Å². The number of β-amino-alcohol motifs (C(OH)–C–C–N with tert-alkyl or cyclic N) is 1. The van der Waals surface area contributed by atoms with Crippen LogP contribution in [0.1, 0.15) is 31.2 Å². The molecule has 0 spiro atoms. The molecule has 2 saturated heterocycles. The van der Waals surface area contributed by atoms with E-state index in [1.54, 1.807) is 55.6 Å². The lowest BCUT2D eigenvalue weighted by atomic mass is 9.93. The van der Waals surface area contributed by atoms with E-state index in [1.165, 1.54) is 10.4 Å². The Morgan fingerprint density at radius 1 is 1.00 bits per heavy atom. The van der Waals surface area contributed by atoms with Crippen LogP contribution >= 0.6 is 0 Å². The number of halogens is 1. The molecule has 1 atom stereocenters. The van der Waals surface area contributed by atoms with Gasteiger partial charge < -0.3 is 20.6 Å². The molecule has 2 aliphatic heterocycles. The summed E-state index contributed by atoms with van der Waals surface area (Å²) >= 11 is 0. The SMILES string of the molecule is Cc1cc(Nc2ccnc(Nc3ccc(S(=O)(=O)N4CCCC(O)(CN5CCCC5)C4)cc3)n2)ccc1F. The fourth-order valence-electron chi connectivity index (χ4n) is 5.11. The summed E-state index contributed by atoms with van der Waals surface area (Å²) in [5, 5.41) is 17.4. The number of nitrogens with one attached hydrogen (secondary N) is 2. The van der Waals surface area contributed by atoms with E-state index in [0.29, 0.717) is 54.6 Å². The number of likely N-dealkylation sites (tertiary alicyclic amines) is 1. The average molecular weight is 541 g/mol. The molecule has 3 heterocycles. The smallest absolute Gasteiger partial charge is 0.243 e. The summed E-state index contributed by atoms with van der Waals surface area (Å²) in [5.74, 6) is 0.579. The van der Waals surface area contributed by atoms with Gasteiger partial charge >= 0.3 is 0 Å². The van der Waals surface area contributed by atoms with E-state index < -0.39 is 15.6 Å². The standard InChI is InChI=1S/C27H33FN6O3S/c1-20-17-22(7-10-24(20)28)30-25-11-13-29-26(32-25)31-21-5-8-23(9-6-21)38(36,37)34-16-4-12-27(35,19-34)18-33-14-2-3-15-33/h5-11,13,17,35H,2-4,12,14-16,18-19H2,1H3,(H2,29,30,31,32). The number of aliphatic hydroxyl groups is 1. The van der Waals surface area contributed by atoms with Crippen molar-refractivity contribution in [2.24, 2.45) is 0 Å². The number of nitrogens with zero attached hydrogens (tertiary/aromatic N) is 4. The zero-order valence-corrected chi connectivity index (χ0v) is 22.2. The summed E-state index contributed by atoms with van der Waals surface area (Å²) in [4.78, 5) is 11.1. The van der Waals surface area contributed by atoms with Gasteiger partial charge in [-0.05, 0) is 99.8 Å². The van der Waals surface area contributed by atoms with Crippen molar-refractivity contribution in [3.63, 3.8) is 0 Å². The van der Waals surface area contributed by atoms with Gasteiger partial charge in [-0.2, -0.15) is 9.29 Å². The van der Waals surface area contributed by atoms with Crippen molar-refractivity contribution in [2.45, 2.75) is 43.1 Å². The molecule has 11 heteroatoms. The minimum absolute atomic E-state index is 0.104.